The summed E-state index contributed by atoms with van der Waals surface area (Å²) in [5, 5.41) is 3.66. The zero-order chi connectivity index (χ0) is 17.5. The van der Waals surface area contributed by atoms with Crippen molar-refractivity contribution in [3.63, 3.8) is 0 Å². The first-order valence-corrected chi connectivity index (χ1v) is 7.98. The first-order valence-electron chi connectivity index (χ1n) is 7.23. The number of urea groups is 1. The molecule has 128 valence electrons. The van der Waals surface area contributed by atoms with E-state index in [1.54, 1.807) is 32.4 Å². The van der Waals surface area contributed by atoms with E-state index in [2.05, 4.69) is 5.32 Å². The van der Waals surface area contributed by atoms with Crippen molar-refractivity contribution in [2.45, 2.75) is 0 Å². The number of ether oxygens (including phenoxy) is 2. The Morgan fingerprint density at radius 3 is 2.25 bits per heavy atom. The zero-order valence-corrected chi connectivity index (χ0v) is 14.9. The van der Waals surface area contributed by atoms with Crippen LogP contribution in [-0.4, -0.2) is 38.2 Å². The molecule has 0 atom stereocenters. The number of nitrogens with zero attached hydrogens (tertiary/aromatic N) is 1. The summed E-state index contributed by atoms with van der Waals surface area (Å²) in [6, 6.07) is 11.8. The van der Waals surface area contributed by atoms with Crippen molar-refractivity contribution >= 4 is 34.9 Å². The number of carbonyl (C=O) groups excluding carboxylic acids is 1. The van der Waals surface area contributed by atoms with Gasteiger partial charge in [-0.1, -0.05) is 23.2 Å². The average molecular weight is 369 g/mol. The van der Waals surface area contributed by atoms with Crippen LogP contribution < -0.4 is 14.8 Å². The van der Waals surface area contributed by atoms with Gasteiger partial charge in [-0.25, -0.2) is 4.79 Å². The molecule has 1 N–H and O–H groups in total. The lowest BCUT2D eigenvalue weighted by molar-refractivity contribution is 0.207. The number of anilines is 1. The Morgan fingerprint density at radius 1 is 1.08 bits per heavy atom. The van der Waals surface area contributed by atoms with E-state index >= 15 is 0 Å². The molecule has 0 aliphatic rings. The van der Waals surface area contributed by atoms with Gasteiger partial charge in [0.2, 0.25) is 0 Å². The summed E-state index contributed by atoms with van der Waals surface area (Å²) in [6.07, 6.45) is 0. The summed E-state index contributed by atoms with van der Waals surface area (Å²) in [5.74, 6) is 1.48. The van der Waals surface area contributed by atoms with E-state index < -0.39 is 0 Å². The highest BCUT2D eigenvalue weighted by molar-refractivity contribution is 6.35. The third-order valence-corrected chi connectivity index (χ3v) is 3.65. The van der Waals surface area contributed by atoms with E-state index in [1.165, 1.54) is 4.90 Å². The van der Waals surface area contributed by atoms with Crippen LogP contribution in [0.1, 0.15) is 0 Å². The Kier molecular flexibility index (Phi) is 6.58. The highest BCUT2D eigenvalue weighted by atomic mass is 35.5. The van der Waals surface area contributed by atoms with Crippen molar-refractivity contribution in [2.75, 3.05) is 32.6 Å². The predicted molar refractivity (Wildman–Crippen MR) is 96.6 cm³/mol. The summed E-state index contributed by atoms with van der Waals surface area (Å²) < 4.78 is 10.7. The van der Waals surface area contributed by atoms with Crippen molar-refractivity contribution in [1.82, 2.24) is 4.90 Å². The largest absolute Gasteiger partial charge is 0.497 e. The number of amides is 2. The van der Waals surface area contributed by atoms with Crippen molar-refractivity contribution in [3.8, 4) is 11.5 Å². The van der Waals surface area contributed by atoms with Gasteiger partial charge in [0.25, 0.3) is 0 Å². The Morgan fingerprint density at radius 2 is 1.67 bits per heavy atom. The van der Waals surface area contributed by atoms with Gasteiger partial charge in [0.15, 0.2) is 0 Å². The van der Waals surface area contributed by atoms with Crippen molar-refractivity contribution in [2.24, 2.45) is 0 Å². The molecule has 0 radical (unpaired) electrons. The van der Waals surface area contributed by atoms with Gasteiger partial charge in [0.1, 0.15) is 18.1 Å². The number of likely N-dealkylation sites (N-methyl/N-ethyl adjacent to an activating group) is 1. The Labute approximate surface area is 151 Å². The molecule has 0 aromatic heterocycles. The van der Waals surface area contributed by atoms with Gasteiger partial charge in [0, 0.05) is 22.8 Å². The number of methoxy groups -OCH3 is 1. The standard InChI is InChI=1S/C17H18Cl2N2O3/c1-21(7-8-24-16-5-3-15(23-2)4-6-16)17(22)20-14-10-12(18)9-13(19)11-14/h3-6,9-11H,7-8H2,1-2H3,(H,20,22). The normalized spacial score (nSPS) is 10.2. The molecule has 0 unspecified atom stereocenters. The maximum atomic E-state index is 12.1. The first-order chi connectivity index (χ1) is 11.5. The third kappa shape index (κ3) is 5.51. The third-order valence-electron chi connectivity index (χ3n) is 3.22. The van der Waals surface area contributed by atoms with Gasteiger partial charge in [0.05, 0.1) is 13.7 Å². The van der Waals surface area contributed by atoms with Crippen LogP contribution in [0.2, 0.25) is 10.0 Å². The number of rotatable bonds is 6. The lowest BCUT2D eigenvalue weighted by atomic mass is 10.3. The van der Waals surface area contributed by atoms with Crippen LogP contribution in [0.5, 0.6) is 11.5 Å². The van der Waals surface area contributed by atoms with Crippen LogP contribution in [0.15, 0.2) is 42.5 Å². The molecule has 0 saturated heterocycles. The first kappa shape index (κ1) is 18.2. The molecule has 2 aromatic carbocycles. The molecule has 0 spiro atoms. The van der Waals surface area contributed by atoms with Gasteiger partial charge in [-0.3, -0.25) is 0 Å². The zero-order valence-electron chi connectivity index (χ0n) is 13.4. The minimum absolute atomic E-state index is 0.272. The minimum Gasteiger partial charge on any atom is -0.497 e. The second kappa shape index (κ2) is 8.66. The number of hydrogen-bond acceptors (Lipinski definition) is 3. The van der Waals surface area contributed by atoms with Crippen LogP contribution in [0.4, 0.5) is 10.5 Å². The maximum Gasteiger partial charge on any atom is 0.321 e. The van der Waals surface area contributed by atoms with Crippen molar-refractivity contribution in [3.05, 3.63) is 52.5 Å². The van der Waals surface area contributed by atoms with Gasteiger partial charge >= 0.3 is 6.03 Å². The van der Waals surface area contributed by atoms with E-state index in [0.29, 0.717) is 34.6 Å². The molecule has 0 bridgehead atoms. The summed E-state index contributed by atoms with van der Waals surface area (Å²) in [5.41, 5.74) is 0.542. The maximum absolute atomic E-state index is 12.1. The van der Waals surface area contributed by atoms with Gasteiger partial charge < -0.3 is 19.7 Å². The average Bonchev–Trinajstić information content (AvgIpc) is 2.54. The van der Waals surface area contributed by atoms with E-state index in [9.17, 15) is 4.79 Å². The van der Waals surface area contributed by atoms with Crippen molar-refractivity contribution < 1.29 is 14.3 Å². The summed E-state index contributed by atoms with van der Waals surface area (Å²) >= 11 is 11.8. The molecular weight excluding hydrogens is 351 g/mol. The van der Waals surface area contributed by atoms with Crippen molar-refractivity contribution in [1.29, 1.82) is 0 Å². The highest BCUT2D eigenvalue weighted by Crippen LogP contribution is 2.22. The Hall–Kier alpha value is -2.11. The van der Waals surface area contributed by atoms with Crippen LogP contribution in [0.3, 0.4) is 0 Å². The Bertz CT molecular complexity index is 672. The number of carbonyl (C=O) groups is 1. The van der Waals surface area contributed by atoms with Crippen LogP contribution in [0, 0.1) is 0 Å². The molecule has 2 amide bonds. The highest BCUT2D eigenvalue weighted by Gasteiger charge is 2.10. The molecular formula is C17H18Cl2N2O3. The molecule has 24 heavy (non-hydrogen) atoms. The molecule has 2 rings (SSSR count). The molecule has 7 heteroatoms. The van der Waals surface area contributed by atoms with Crippen LogP contribution in [0.25, 0.3) is 0 Å². The summed E-state index contributed by atoms with van der Waals surface area (Å²) in [7, 11) is 3.29. The lowest BCUT2D eigenvalue weighted by Crippen LogP contribution is -2.34. The molecule has 5 nitrogen and oxygen atoms in total. The van der Waals surface area contributed by atoms with E-state index in [4.69, 9.17) is 32.7 Å². The van der Waals surface area contributed by atoms with E-state index in [0.717, 1.165) is 5.75 Å². The van der Waals surface area contributed by atoms with E-state index in [-0.39, 0.29) is 6.03 Å². The SMILES string of the molecule is COc1ccc(OCCN(C)C(=O)Nc2cc(Cl)cc(Cl)c2)cc1. The molecule has 0 saturated carbocycles. The fraction of sp³-hybridized carbons (Fsp3) is 0.235. The lowest BCUT2D eigenvalue weighted by Gasteiger charge is -2.18. The van der Waals surface area contributed by atoms with E-state index in [1.807, 2.05) is 24.3 Å². The molecule has 2 aromatic rings. The second-order valence-corrected chi connectivity index (χ2v) is 5.91. The second-order valence-electron chi connectivity index (χ2n) is 5.03. The molecule has 0 heterocycles. The molecule has 0 fully saturated rings. The number of halogens is 2. The number of nitrogens with one attached hydrogen (secondary N) is 1. The fourth-order valence-electron chi connectivity index (χ4n) is 1.92. The molecule has 0 aliphatic heterocycles. The topological polar surface area (TPSA) is 50.8 Å². The summed E-state index contributed by atoms with van der Waals surface area (Å²) in [6.45, 7) is 0.790. The number of hydrogen-bond donors (Lipinski definition) is 1. The summed E-state index contributed by atoms with van der Waals surface area (Å²) in [4.78, 5) is 13.6. The monoisotopic (exact) mass is 368 g/mol. The molecule has 0 aliphatic carbocycles. The van der Waals surface area contributed by atoms with Crippen LogP contribution >= 0.6 is 23.2 Å². The quantitative estimate of drug-likeness (QED) is 0.813. The van der Waals surface area contributed by atoms with Crippen LogP contribution in [-0.2, 0) is 0 Å². The number of benzene rings is 2. The fourth-order valence-corrected chi connectivity index (χ4v) is 2.44. The Balaban J connectivity index is 1.80. The minimum atomic E-state index is -0.272. The van der Waals surface area contributed by atoms with Gasteiger partial charge in [-0.05, 0) is 42.5 Å². The smallest absolute Gasteiger partial charge is 0.321 e. The van der Waals surface area contributed by atoms with Gasteiger partial charge in [-0.15, -0.1) is 0 Å². The van der Waals surface area contributed by atoms with Gasteiger partial charge in [-0.2, -0.15) is 0 Å². The predicted octanol–water partition coefficient (Wildman–Crippen LogP) is 4.54.